The third-order valence-corrected chi connectivity index (χ3v) is 2.75. The van der Waals surface area contributed by atoms with Gasteiger partial charge in [0.15, 0.2) is 0 Å². The molecule has 2 aromatic rings. The van der Waals surface area contributed by atoms with Crippen LogP contribution in [0.25, 0.3) is 5.52 Å². The maximum absolute atomic E-state index is 11.6. The number of aromatic nitrogens is 2. The summed E-state index contributed by atoms with van der Waals surface area (Å²) in [7, 11) is 0. The van der Waals surface area contributed by atoms with Gasteiger partial charge in [0.2, 0.25) is 5.82 Å². The molecule has 0 saturated heterocycles. The molecule has 0 N–H and O–H groups in total. The molecule has 0 aliphatic rings. The summed E-state index contributed by atoms with van der Waals surface area (Å²) in [5.74, 6) is -0.239. The number of halogens is 2. The van der Waals surface area contributed by atoms with Crippen molar-refractivity contribution in [2.45, 2.75) is 20.8 Å². The normalized spacial score (nSPS) is 9.83. The lowest BCUT2D eigenvalue weighted by atomic mass is 10.4. The van der Waals surface area contributed by atoms with E-state index < -0.39 is 5.97 Å². The van der Waals surface area contributed by atoms with Crippen molar-refractivity contribution in [3.05, 3.63) is 33.8 Å². The van der Waals surface area contributed by atoms with Gasteiger partial charge in [-0.15, -0.1) is 0 Å². The van der Waals surface area contributed by atoms with Crippen molar-refractivity contribution in [3.8, 4) is 0 Å². The molecular weight excluding hydrogens is 320 g/mol. The van der Waals surface area contributed by atoms with Crippen molar-refractivity contribution in [2.24, 2.45) is 0 Å². The standard InChI is InChI=1S/C10H8BrClN2O2.C2H6/c1-2-16-10(15)9-13-4-8-7(12)3-6(11)5-14(8)9;1-2/h3-5H,2H2,1H3;1-2H3. The number of fused-ring (bicyclic) bond motifs is 1. The van der Waals surface area contributed by atoms with E-state index in [0.717, 1.165) is 4.47 Å². The molecule has 4 nitrogen and oxygen atoms in total. The Hall–Kier alpha value is -1.07. The number of hydrogen-bond acceptors (Lipinski definition) is 3. The summed E-state index contributed by atoms with van der Waals surface area (Å²) in [5, 5.41) is 0.525. The maximum atomic E-state index is 11.6. The lowest BCUT2D eigenvalue weighted by Crippen LogP contribution is -2.09. The summed E-state index contributed by atoms with van der Waals surface area (Å²) < 4.78 is 7.27. The van der Waals surface area contributed by atoms with Gasteiger partial charge in [0.05, 0.1) is 23.3 Å². The van der Waals surface area contributed by atoms with Crippen molar-refractivity contribution >= 4 is 39.0 Å². The van der Waals surface area contributed by atoms with Gasteiger partial charge in [-0.1, -0.05) is 25.4 Å². The minimum Gasteiger partial charge on any atom is -0.460 e. The van der Waals surface area contributed by atoms with Crippen LogP contribution in [0.5, 0.6) is 0 Å². The molecule has 6 heteroatoms. The smallest absolute Gasteiger partial charge is 0.374 e. The first-order valence-electron chi connectivity index (χ1n) is 5.62. The lowest BCUT2D eigenvalue weighted by Gasteiger charge is -2.02. The number of pyridine rings is 1. The van der Waals surface area contributed by atoms with Gasteiger partial charge in [0, 0.05) is 10.7 Å². The van der Waals surface area contributed by atoms with E-state index in [2.05, 4.69) is 20.9 Å². The van der Waals surface area contributed by atoms with Gasteiger partial charge in [-0.25, -0.2) is 9.78 Å². The van der Waals surface area contributed by atoms with Crippen LogP contribution in [0.2, 0.25) is 5.02 Å². The molecule has 0 saturated carbocycles. The summed E-state index contributed by atoms with van der Waals surface area (Å²) in [5.41, 5.74) is 0.674. The van der Waals surface area contributed by atoms with Crippen LogP contribution >= 0.6 is 27.5 Å². The largest absolute Gasteiger partial charge is 0.460 e. The molecule has 2 aromatic heterocycles. The molecule has 0 aromatic carbocycles. The number of nitrogens with zero attached hydrogens (tertiary/aromatic N) is 2. The quantitative estimate of drug-likeness (QED) is 0.782. The average Bonchev–Trinajstić information content (AvgIpc) is 2.76. The second kappa shape index (κ2) is 6.75. The van der Waals surface area contributed by atoms with Gasteiger partial charge < -0.3 is 4.74 Å². The molecule has 0 unspecified atom stereocenters. The number of esters is 1. The molecule has 0 atom stereocenters. The highest BCUT2D eigenvalue weighted by molar-refractivity contribution is 9.10. The molecule has 0 aliphatic heterocycles. The van der Waals surface area contributed by atoms with E-state index in [-0.39, 0.29) is 5.82 Å². The second-order valence-corrected chi connectivity index (χ2v) is 4.39. The molecule has 0 amide bonds. The first-order valence-corrected chi connectivity index (χ1v) is 6.79. The third-order valence-electron chi connectivity index (χ3n) is 2.02. The van der Waals surface area contributed by atoms with Crippen LogP contribution < -0.4 is 0 Å². The van der Waals surface area contributed by atoms with Crippen LogP contribution in [0.15, 0.2) is 22.9 Å². The topological polar surface area (TPSA) is 43.6 Å². The fraction of sp³-hybridized carbons (Fsp3) is 0.333. The zero-order chi connectivity index (χ0) is 13.7. The Balaban J connectivity index is 0.000000771. The molecular formula is C12H14BrClN2O2. The van der Waals surface area contributed by atoms with E-state index in [4.69, 9.17) is 16.3 Å². The summed E-state index contributed by atoms with van der Waals surface area (Å²) in [4.78, 5) is 15.6. The Morgan fingerprint density at radius 3 is 2.83 bits per heavy atom. The Bertz CT molecular complexity index is 554. The van der Waals surface area contributed by atoms with E-state index in [1.54, 1.807) is 29.8 Å². The minimum atomic E-state index is -0.461. The molecule has 0 spiro atoms. The Labute approximate surface area is 119 Å². The summed E-state index contributed by atoms with van der Waals surface area (Å²) in [6.45, 7) is 6.06. The van der Waals surface area contributed by atoms with Gasteiger partial charge >= 0.3 is 5.97 Å². The van der Waals surface area contributed by atoms with E-state index in [0.29, 0.717) is 17.1 Å². The van der Waals surface area contributed by atoms with E-state index in [1.165, 1.54) is 0 Å². The fourth-order valence-corrected chi connectivity index (χ4v) is 2.19. The molecule has 2 rings (SSSR count). The summed E-state index contributed by atoms with van der Waals surface area (Å²) in [6, 6.07) is 1.74. The number of carbonyl (C=O) groups excluding carboxylic acids is 1. The predicted molar refractivity (Wildman–Crippen MR) is 75.2 cm³/mol. The van der Waals surface area contributed by atoms with Crippen LogP contribution in [-0.2, 0) is 4.74 Å². The summed E-state index contributed by atoms with van der Waals surface area (Å²) in [6.07, 6.45) is 3.27. The highest BCUT2D eigenvalue weighted by Crippen LogP contribution is 2.23. The molecule has 0 radical (unpaired) electrons. The van der Waals surface area contributed by atoms with Gasteiger partial charge in [0.25, 0.3) is 0 Å². The van der Waals surface area contributed by atoms with E-state index >= 15 is 0 Å². The van der Waals surface area contributed by atoms with Crippen LogP contribution in [0, 0.1) is 0 Å². The molecule has 98 valence electrons. The number of rotatable bonds is 2. The van der Waals surface area contributed by atoms with E-state index in [1.807, 2.05) is 13.8 Å². The average molecular weight is 334 g/mol. The number of carbonyl (C=O) groups is 1. The molecule has 0 aliphatic carbocycles. The van der Waals surface area contributed by atoms with Crippen LogP contribution in [0.3, 0.4) is 0 Å². The zero-order valence-electron chi connectivity index (χ0n) is 10.4. The van der Waals surface area contributed by atoms with Crippen LogP contribution in [0.4, 0.5) is 0 Å². The lowest BCUT2D eigenvalue weighted by molar-refractivity contribution is 0.0511. The Morgan fingerprint density at radius 2 is 2.22 bits per heavy atom. The molecule has 2 heterocycles. The first-order chi connectivity index (χ1) is 8.63. The third kappa shape index (κ3) is 3.03. The predicted octanol–water partition coefficient (Wildman–Crippen LogP) is 3.95. The van der Waals surface area contributed by atoms with Crippen molar-refractivity contribution in [1.29, 1.82) is 0 Å². The molecule has 18 heavy (non-hydrogen) atoms. The first kappa shape index (κ1) is 15.0. The second-order valence-electron chi connectivity index (χ2n) is 3.06. The fourth-order valence-electron chi connectivity index (χ4n) is 1.37. The molecule has 0 fully saturated rings. The highest BCUT2D eigenvalue weighted by atomic mass is 79.9. The monoisotopic (exact) mass is 332 g/mol. The van der Waals surface area contributed by atoms with Crippen molar-refractivity contribution in [2.75, 3.05) is 6.61 Å². The van der Waals surface area contributed by atoms with Gasteiger partial charge in [-0.3, -0.25) is 4.40 Å². The van der Waals surface area contributed by atoms with Crippen molar-refractivity contribution < 1.29 is 9.53 Å². The summed E-state index contributed by atoms with van der Waals surface area (Å²) >= 11 is 9.32. The van der Waals surface area contributed by atoms with Crippen LogP contribution in [-0.4, -0.2) is 22.0 Å². The van der Waals surface area contributed by atoms with Crippen LogP contribution in [0.1, 0.15) is 31.4 Å². The molecule has 0 bridgehead atoms. The van der Waals surface area contributed by atoms with Crippen molar-refractivity contribution in [1.82, 2.24) is 9.38 Å². The number of imidazole rings is 1. The minimum absolute atomic E-state index is 0.222. The SMILES string of the molecule is CC.CCOC(=O)c1ncc2c(Cl)cc(Br)cn12. The van der Waals surface area contributed by atoms with Crippen molar-refractivity contribution in [3.63, 3.8) is 0 Å². The maximum Gasteiger partial charge on any atom is 0.374 e. The Morgan fingerprint density at radius 1 is 1.56 bits per heavy atom. The van der Waals surface area contributed by atoms with Gasteiger partial charge in [-0.05, 0) is 28.9 Å². The Kier molecular flexibility index (Phi) is 5.62. The van der Waals surface area contributed by atoms with Gasteiger partial charge in [-0.2, -0.15) is 0 Å². The van der Waals surface area contributed by atoms with E-state index in [9.17, 15) is 4.79 Å². The van der Waals surface area contributed by atoms with Gasteiger partial charge in [0.1, 0.15) is 0 Å². The number of ether oxygens (including phenoxy) is 1. The zero-order valence-corrected chi connectivity index (χ0v) is 12.7. The highest BCUT2D eigenvalue weighted by Gasteiger charge is 2.15. The number of hydrogen-bond donors (Lipinski definition) is 0.